The molecule has 0 radical (unpaired) electrons. The summed E-state index contributed by atoms with van der Waals surface area (Å²) in [7, 11) is 0. The number of ether oxygens (including phenoxy) is 1. The second kappa shape index (κ2) is 6.95. The van der Waals surface area contributed by atoms with Crippen LogP contribution in [0.15, 0.2) is 54.6 Å². The Morgan fingerprint density at radius 2 is 1.92 bits per heavy atom. The second-order valence-electron chi connectivity index (χ2n) is 5.22. The van der Waals surface area contributed by atoms with Crippen LogP contribution in [0.3, 0.4) is 0 Å². The predicted molar refractivity (Wildman–Crippen MR) is 90.0 cm³/mol. The van der Waals surface area contributed by atoms with E-state index in [1.54, 1.807) is 31.2 Å². The van der Waals surface area contributed by atoms with Gasteiger partial charge in [-0.2, -0.15) is 0 Å². The van der Waals surface area contributed by atoms with Crippen LogP contribution < -0.4 is 0 Å². The summed E-state index contributed by atoms with van der Waals surface area (Å²) >= 11 is 0. The van der Waals surface area contributed by atoms with E-state index in [0.717, 1.165) is 16.6 Å². The molecule has 0 spiro atoms. The quantitative estimate of drug-likeness (QED) is 0.577. The van der Waals surface area contributed by atoms with Crippen molar-refractivity contribution in [3.8, 4) is 11.4 Å². The van der Waals surface area contributed by atoms with E-state index >= 15 is 0 Å². The van der Waals surface area contributed by atoms with E-state index in [1.165, 1.54) is 10.9 Å². The monoisotopic (exact) mass is 323 g/mol. The maximum atomic E-state index is 11.3. The third-order valence-electron chi connectivity index (χ3n) is 3.48. The number of rotatable bonds is 5. The van der Waals surface area contributed by atoms with Crippen LogP contribution in [0, 0.1) is 0 Å². The first-order chi connectivity index (χ1) is 11.7. The maximum absolute atomic E-state index is 11.3. The number of allylic oxidation sites excluding steroid dienone is 1. The fourth-order valence-electron chi connectivity index (χ4n) is 2.31. The summed E-state index contributed by atoms with van der Waals surface area (Å²) in [5.74, 6) is -0.276. The highest BCUT2D eigenvalue weighted by Crippen LogP contribution is 2.23. The Morgan fingerprint density at radius 1 is 1.21 bits per heavy atom. The van der Waals surface area contributed by atoms with Gasteiger partial charge in [0.1, 0.15) is 22.5 Å². The van der Waals surface area contributed by atoms with Crippen molar-refractivity contribution in [1.82, 2.24) is 15.0 Å². The number of phenolic OH excluding ortho intramolecular Hbond substituents is 1. The number of carbonyl (C=O) groups excluding carboxylic acids is 1. The van der Waals surface area contributed by atoms with Crippen LogP contribution in [-0.2, 0) is 16.0 Å². The molecule has 122 valence electrons. The van der Waals surface area contributed by atoms with Crippen molar-refractivity contribution in [3.05, 3.63) is 60.2 Å². The largest absolute Gasteiger partial charge is 0.506 e. The number of hydrogen-bond acceptors (Lipinski definition) is 5. The molecule has 1 aromatic heterocycles. The molecule has 0 unspecified atom stereocenters. The average Bonchev–Trinajstić information content (AvgIpc) is 3.00. The summed E-state index contributed by atoms with van der Waals surface area (Å²) in [6.45, 7) is 2.02. The van der Waals surface area contributed by atoms with Crippen LogP contribution in [0.4, 0.5) is 0 Å². The molecule has 24 heavy (non-hydrogen) atoms. The lowest BCUT2D eigenvalue weighted by atomic mass is 10.1. The predicted octanol–water partition coefficient (Wildman–Crippen LogP) is 2.79. The van der Waals surface area contributed by atoms with Gasteiger partial charge in [0.2, 0.25) is 0 Å². The van der Waals surface area contributed by atoms with Crippen molar-refractivity contribution in [1.29, 1.82) is 0 Å². The number of aromatic nitrogens is 3. The lowest BCUT2D eigenvalue weighted by Crippen LogP contribution is -2.06. The summed E-state index contributed by atoms with van der Waals surface area (Å²) in [6, 6.07) is 12.7. The fourth-order valence-corrected chi connectivity index (χ4v) is 2.31. The number of esters is 1. The highest BCUT2D eigenvalue weighted by molar-refractivity contribution is 5.81. The number of carbonyl (C=O) groups is 1. The van der Waals surface area contributed by atoms with Gasteiger partial charge < -0.3 is 9.84 Å². The van der Waals surface area contributed by atoms with E-state index in [9.17, 15) is 9.90 Å². The molecule has 2 aromatic carbocycles. The molecule has 0 aliphatic carbocycles. The van der Waals surface area contributed by atoms with Gasteiger partial charge in [-0.05, 0) is 36.8 Å². The molecular formula is C18H17N3O3. The Balaban J connectivity index is 1.80. The standard InChI is InChI=1S/C18H17N3O3/c1-2-5-18(23)24-11-10-13-8-9-17(22)16(12-13)21-19-14-6-3-4-7-15(14)20-21/h2-9,12,22H,10-11H2,1H3. The van der Waals surface area contributed by atoms with E-state index in [2.05, 4.69) is 10.2 Å². The van der Waals surface area contributed by atoms with E-state index < -0.39 is 0 Å². The zero-order valence-corrected chi connectivity index (χ0v) is 13.2. The molecule has 0 fully saturated rings. The Kier molecular flexibility index (Phi) is 4.56. The van der Waals surface area contributed by atoms with Gasteiger partial charge in [0.15, 0.2) is 0 Å². The van der Waals surface area contributed by atoms with Crippen LogP contribution in [0.2, 0.25) is 0 Å². The van der Waals surface area contributed by atoms with Crippen LogP contribution in [0.5, 0.6) is 5.75 Å². The van der Waals surface area contributed by atoms with Gasteiger partial charge >= 0.3 is 5.97 Å². The minimum atomic E-state index is -0.364. The fraction of sp³-hybridized carbons (Fsp3) is 0.167. The lowest BCUT2D eigenvalue weighted by molar-refractivity contribution is -0.137. The SMILES string of the molecule is CC=CC(=O)OCCc1ccc(O)c(-n2nc3ccccc3n2)c1. The van der Waals surface area contributed by atoms with Gasteiger partial charge in [-0.15, -0.1) is 15.0 Å². The zero-order chi connectivity index (χ0) is 16.9. The van der Waals surface area contributed by atoms with Crippen LogP contribution in [0.25, 0.3) is 16.7 Å². The topological polar surface area (TPSA) is 77.2 Å². The molecule has 1 heterocycles. The molecule has 0 amide bonds. The number of nitrogens with zero attached hydrogens (tertiary/aromatic N) is 3. The second-order valence-corrected chi connectivity index (χ2v) is 5.22. The number of fused-ring (bicyclic) bond motifs is 1. The van der Waals surface area contributed by atoms with E-state index in [0.29, 0.717) is 12.1 Å². The van der Waals surface area contributed by atoms with Gasteiger partial charge in [0, 0.05) is 12.5 Å². The Morgan fingerprint density at radius 3 is 2.58 bits per heavy atom. The van der Waals surface area contributed by atoms with E-state index in [4.69, 9.17) is 4.74 Å². The molecule has 6 nitrogen and oxygen atoms in total. The first-order valence-electron chi connectivity index (χ1n) is 7.61. The summed E-state index contributed by atoms with van der Waals surface area (Å²) in [6.07, 6.45) is 3.55. The van der Waals surface area contributed by atoms with Crippen molar-refractivity contribution in [2.24, 2.45) is 0 Å². The van der Waals surface area contributed by atoms with Gasteiger partial charge in [0.05, 0.1) is 6.61 Å². The van der Waals surface area contributed by atoms with Gasteiger partial charge in [0.25, 0.3) is 0 Å². The molecule has 3 rings (SSSR count). The molecular weight excluding hydrogens is 306 g/mol. The molecule has 1 N–H and O–H groups in total. The van der Waals surface area contributed by atoms with Crippen LogP contribution >= 0.6 is 0 Å². The molecule has 0 aliphatic heterocycles. The van der Waals surface area contributed by atoms with Gasteiger partial charge in [-0.25, -0.2) is 4.79 Å². The Bertz CT molecular complexity index is 866. The maximum Gasteiger partial charge on any atom is 0.330 e. The summed E-state index contributed by atoms with van der Waals surface area (Å²) < 4.78 is 5.08. The third kappa shape index (κ3) is 3.43. The molecule has 0 saturated carbocycles. The van der Waals surface area contributed by atoms with Crippen molar-refractivity contribution in [2.75, 3.05) is 6.61 Å². The van der Waals surface area contributed by atoms with Crippen molar-refractivity contribution in [3.63, 3.8) is 0 Å². The number of aromatic hydroxyl groups is 1. The normalized spacial score (nSPS) is 11.2. The summed E-state index contributed by atoms with van der Waals surface area (Å²) in [4.78, 5) is 12.7. The van der Waals surface area contributed by atoms with Crippen LogP contribution in [-0.4, -0.2) is 32.7 Å². The Labute approximate surface area is 139 Å². The van der Waals surface area contributed by atoms with Crippen LogP contribution in [0.1, 0.15) is 12.5 Å². The Hall–Kier alpha value is -3.15. The molecule has 0 bridgehead atoms. The smallest absolute Gasteiger partial charge is 0.330 e. The zero-order valence-electron chi connectivity index (χ0n) is 13.2. The minimum absolute atomic E-state index is 0.0879. The lowest BCUT2D eigenvalue weighted by Gasteiger charge is -2.07. The first kappa shape index (κ1) is 15.7. The molecule has 3 aromatic rings. The number of benzene rings is 2. The molecule has 0 atom stereocenters. The number of phenols is 1. The summed E-state index contributed by atoms with van der Waals surface area (Å²) in [5.41, 5.74) is 2.91. The van der Waals surface area contributed by atoms with Gasteiger partial charge in [-0.3, -0.25) is 0 Å². The van der Waals surface area contributed by atoms with Gasteiger partial charge in [-0.1, -0.05) is 24.3 Å². The molecule has 0 aliphatic rings. The molecule has 0 saturated heterocycles. The van der Waals surface area contributed by atoms with E-state index in [-0.39, 0.29) is 18.3 Å². The van der Waals surface area contributed by atoms with E-state index in [1.807, 2.05) is 24.3 Å². The average molecular weight is 323 g/mol. The highest BCUT2D eigenvalue weighted by Gasteiger charge is 2.10. The molecule has 6 heteroatoms. The van der Waals surface area contributed by atoms with Crippen molar-refractivity contribution in [2.45, 2.75) is 13.3 Å². The van der Waals surface area contributed by atoms with Crippen molar-refractivity contribution < 1.29 is 14.6 Å². The highest BCUT2D eigenvalue weighted by atomic mass is 16.5. The number of hydrogen-bond donors (Lipinski definition) is 1. The third-order valence-corrected chi connectivity index (χ3v) is 3.48. The van der Waals surface area contributed by atoms with Crippen molar-refractivity contribution >= 4 is 17.0 Å². The first-order valence-corrected chi connectivity index (χ1v) is 7.61. The summed E-state index contributed by atoms with van der Waals surface area (Å²) in [5, 5.41) is 18.8. The minimum Gasteiger partial charge on any atom is -0.506 e.